The molecule has 1 aromatic heterocycles. The van der Waals surface area contributed by atoms with Gasteiger partial charge in [0.05, 0.1) is 19.3 Å². The number of benzene rings is 1. The minimum Gasteiger partial charge on any atom is -0.376 e. The zero-order chi connectivity index (χ0) is 16.2. The Morgan fingerprint density at radius 3 is 2.88 bits per heavy atom. The Bertz CT molecular complexity index is 643. The van der Waals surface area contributed by atoms with Crippen molar-refractivity contribution in [2.45, 2.75) is 31.4 Å². The fraction of sp³-hybridized carbons (Fsp3) is 0.556. The molecule has 1 unspecified atom stereocenters. The normalized spacial score (nSPS) is 22.4. The Kier molecular flexibility index (Phi) is 5.18. The molecule has 6 heteroatoms. The van der Waals surface area contributed by atoms with Crippen LogP contribution in [0.2, 0.25) is 0 Å². The van der Waals surface area contributed by atoms with Crippen LogP contribution in [0.1, 0.15) is 27.9 Å². The highest BCUT2D eigenvalue weighted by Crippen LogP contribution is 2.24. The van der Waals surface area contributed by atoms with E-state index in [1.807, 2.05) is 0 Å². The molecule has 2 fully saturated rings. The molecule has 0 radical (unpaired) electrons. The number of aryl methyl sites for hydroxylation is 1. The van der Waals surface area contributed by atoms with Crippen molar-refractivity contribution >= 4 is 11.3 Å². The van der Waals surface area contributed by atoms with Crippen LogP contribution in [0.5, 0.6) is 0 Å². The SMILES string of the molecule is c1ccc(CCC2CN(Cc3nnc(C4CNC4)s3)CCO2)cc1. The quantitative estimate of drug-likeness (QED) is 0.869. The van der Waals surface area contributed by atoms with Crippen LogP contribution in [0, 0.1) is 0 Å². The van der Waals surface area contributed by atoms with Crippen molar-refractivity contribution in [1.82, 2.24) is 20.4 Å². The summed E-state index contributed by atoms with van der Waals surface area (Å²) in [6.45, 7) is 5.80. The van der Waals surface area contributed by atoms with Gasteiger partial charge in [0, 0.05) is 32.1 Å². The van der Waals surface area contributed by atoms with Crippen LogP contribution in [0.3, 0.4) is 0 Å². The molecule has 5 nitrogen and oxygen atoms in total. The molecule has 3 heterocycles. The Hall–Kier alpha value is -1.34. The van der Waals surface area contributed by atoms with Crippen LogP contribution in [0.15, 0.2) is 30.3 Å². The van der Waals surface area contributed by atoms with Crippen molar-refractivity contribution in [2.75, 3.05) is 32.8 Å². The summed E-state index contributed by atoms with van der Waals surface area (Å²) >= 11 is 1.78. The van der Waals surface area contributed by atoms with Crippen molar-refractivity contribution < 1.29 is 4.74 Å². The number of ether oxygens (including phenoxy) is 1. The van der Waals surface area contributed by atoms with Gasteiger partial charge < -0.3 is 10.1 Å². The average molecular weight is 344 g/mol. The van der Waals surface area contributed by atoms with Gasteiger partial charge in [-0.3, -0.25) is 4.90 Å². The second kappa shape index (κ2) is 7.70. The molecule has 1 atom stereocenters. The van der Waals surface area contributed by atoms with Gasteiger partial charge in [-0.15, -0.1) is 10.2 Å². The van der Waals surface area contributed by atoms with E-state index >= 15 is 0 Å². The summed E-state index contributed by atoms with van der Waals surface area (Å²) in [5.41, 5.74) is 1.39. The van der Waals surface area contributed by atoms with Crippen LogP contribution in [0.4, 0.5) is 0 Å². The number of nitrogens with zero attached hydrogens (tertiary/aromatic N) is 3. The first kappa shape index (κ1) is 16.1. The molecule has 0 bridgehead atoms. The first-order valence-electron chi connectivity index (χ1n) is 8.78. The highest BCUT2D eigenvalue weighted by molar-refractivity contribution is 7.11. The number of rotatable bonds is 6. The molecule has 2 saturated heterocycles. The molecule has 2 aromatic rings. The number of morpholine rings is 1. The fourth-order valence-electron chi connectivity index (χ4n) is 3.22. The molecule has 0 aliphatic carbocycles. The van der Waals surface area contributed by atoms with Crippen LogP contribution in [-0.2, 0) is 17.7 Å². The minimum absolute atomic E-state index is 0.321. The van der Waals surface area contributed by atoms with Gasteiger partial charge >= 0.3 is 0 Å². The van der Waals surface area contributed by atoms with Gasteiger partial charge in [0.1, 0.15) is 10.0 Å². The Balaban J connectivity index is 1.27. The van der Waals surface area contributed by atoms with Gasteiger partial charge in [-0.05, 0) is 18.4 Å². The molecule has 128 valence electrons. The van der Waals surface area contributed by atoms with E-state index in [0.717, 1.165) is 57.2 Å². The molecule has 1 N–H and O–H groups in total. The van der Waals surface area contributed by atoms with E-state index in [1.54, 1.807) is 11.3 Å². The lowest BCUT2D eigenvalue weighted by molar-refractivity contribution is -0.0346. The first-order valence-corrected chi connectivity index (χ1v) is 9.59. The highest BCUT2D eigenvalue weighted by atomic mass is 32.1. The zero-order valence-corrected chi connectivity index (χ0v) is 14.7. The number of hydrogen-bond acceptors (Lipinski definition) is 6. The number of hydrogen-bond donors (Lipinski definition) is 1. The van der Waals surface area contributed by atoms with Crippen molar-refractivity contribution in [3.8, 4) is 0 Å². The summed E-state index contributed by atoms with van der Waals surface area (Å²) in [6, 6.07) is 10.7. The topological polar surface area (TPSA) is 50.3 Å². The Morgan fingerprint density at radius 2 is 2.08 bits per heavy atom. The van der Waals surface area contributed by atoms with E-state index in [9.17, 15) is 0 Å². The number of nitrogens with one attached hydrogen (secondary N) is 1. The van der Waals surface area contributed by atoms with E-state index < -0.39 is 0 Å². The van der Waals surface area contributed by atoms with E-state index in [1.165, 1.54) is 10.6 Å². The third-order valence-electron chi connectivity index (χ3n) is 4.79. The maximum Gasteiger partial charge on any atom is 0.131 e. The largest absolute Gasteiger partial charge is 0.376 e. The molecule has 24 heavy (non-hydrogen) atoms. The Morgan fingerprint density at radius 1 is 1.21 bits per heavy atom. The number of aromatic nitrogens is 2. The summed E-state index contributed by atoms with van der Waals surface area (Å²) in [6.07, 6.45) is 2.48. The molecule has 0 saturated carbocycles. The van der Waals surface area contributed by atoms with Crippen molar-refractivity contribution in [2.24, 2.45) is 0 Å². The summed E-state index contributed by atoms with van der Waals surface area (Å²) < 4.78 is 5.96. The lowest BCUT2D eigenvalue weighted by Crippen LogP contribution is -2.42. The molecule has 0 amide bonds. The second-order valence-electron chi connectivity index (χ2n) is 6.64. The van der Waals surface area contributed by atoms with Crippen molar-refractivity contribution in [3.05, 3.63) is 45.9 Å². The fourth-order valence-corrected chi connectivity index (χ4v) is 4.21. The average Bonchev–Trinajstić information content (AvgIpc) is 3.00. The molecule has 2 aliphatic rings. The van der Waals surface area contributed by atoms with Crippen molar-refractivity contribution in [1.29, 1.82) is 0 Å². The van der Waals surface area contributed by atoms with Gasteiger partial charge in [-0.25, -0.2) is 0 Å². The molecule has 1 aromatic carbocycles. The smallest absolute Gasteiger partial charge is 0.131 e. The first-order chi connectivity index (χ1) is 11.9. The van der Waals surface area contributed by atoms with E-state index in [2.05, 4.69) is 50.7 Å². The van der Waals surface area contributed by atoms with Gasteiger partial charge in [0.2, 0.25) is 0 Å². The van der Waals surface area contributed by atoms with Crippen molar-refractivity contribution in [3.63, 3.8) is 0 Å². The lowest BCUT2D eigenvalue weighted by atomic mass is 10.1. The summed E-state index contributed by atoms with van der Waals surface area (Å²) in [4.78, 5) is 2.46. The summed E-state index contributed by atoms with van der Waals surface area (Å²) in [7, 11) is 0. The third-order valence-corrected chi connectivity index (χ3v) is 5.86. The third kappa shape index (κ3) is 4.00. The molecule has 2 aliphatic heterocycles. The maximum absolute atomic E-state index is 5.96. The maximum atomic E-state index is 5.96. The van der Waals surface area contributed by atoms with E-state index in [4.69, 9.17) is 4.74 Å². The van der Waals surface area contributed by atoms with Crippen LogP contribution in [0.25, 0.3) is 0 Å². The second-order valence-corrected chi connectivity index (χ2v) is 7.74. The minimum atomic E-state index is 0.321. The van der Waals surface area contributed by atoms with Crippen LogP contribution in [-0.4, -0.2) is 54.0 Å². The Labute approximate surface area is 147 Å². The highest BCUT2D eigenvalue weighted by Gasteiger charge is 2.25. The van der Waals surface area contributed by atoms with Gasteiger partial charge in [0.25, 0.3) is 0 Å². The molecular weight excluding hydrogens is 320 g/mol. The van der Waals surface area contributed by atoms with E-state index in [0.29, 0.717) is 12.0 Å². The predicted octanol–water partition coefficient (Wildman–Crippen LogP) is 2.06. The van der Waals surface area contributed by atoms with E-state index in [-0.39, 0.29) is 0 Å². The summed E-state index contributed by atoms with van der Waals surface area (Å²) in [5.74, 6) is 0.583. The predicted molar refractivity (Wildman–Crippen MR) is 95.3 cm³/mol. The van der Waals surface area contributed by atoms with Gasteiger partial charge in [-0.2, -0.15) is 0 Å². The summed E-state index contributed by atoms with van der Waals surface area (Å²) in [5, 5.41) is 14.4. The lowest BCUT2D eigenvalue weighted by Gasteiger charge is -2.32. The molecule has 4 rings (SSSR count). The van der Waals surface area contributed by atoms with Crippen LogP contribution < -0.4 is 5.32 Å². The monoisotopic (exact) mass is 344 g/mol. The zero-order valence-electron chi connectivity index (χ0n) is 13.9. The standard InChI is InChI=1S/C18H24N4OS/c1-2-4-14(5-3-1)6-7-16-12-22(8-9-23-16)13-17-20-21-18(24-17)15-10-19-11-15/h1-5,15-16,19H,6-13H2. The molecular formula is C18H24N4OS. The van der Waals surface area contributed by atoms with Gasteiger partial charge in [-0.1, -0.05) is 41.7 Å². The molecule has 0 spiro atoms. The van der Waals surface area contributed by atoms with Gasteiger partial charge in [0.15, 0.2) is 0 Å². The van der Waals surface area contributed by atoms with Crippen LogP contribution >= 0.6 is 11.3 Å².